The number of benzene rings is 1. The zero-order valence-corrected chi connectivity index (χ0v) is 16.4. The molecule has 150 valence electrons. The first kappa shape index (κ1) is 21.8. The van der Waals surface area contributed by atoms with Gasteiger partial charge in [-0.05, 0) is 36.4 Å². The minimum Gasteiger partial charge on any atom is -0.351 e. The Morgan fingerprint density at radius 1 is 1.11 bits per heavy atom. The highest BCUT2D eigenvalue weighted by molar-refractivity contribution is 9.10. The highest BCUT2D eigenvalue weighted by Crippen LogP contribution is 2.30. The maximum Gasteiger partial charge on any atom is 0.503 e. The lowest BCUT2D eigenvalue weighted by Crippen LogP contribution is -2.31. The fourth-order valence-corrected chi connectivity index (χ4v) is 3.16. The van der Waals surface area contributed by atoms with Gasteiger partial charge in [0.1, 0.15) is 0 Å². The Bertz CT molecular complexity index is 979. The summed E-state index contributed by atoms with van der Waals surface area (Å²) in [6, 6.07) is 8.74. The minimum absolute atomic E-state index is 0.177. The first-order chi connectivity index (χ1) is 13.0. The van der Waals surface area contributed by atoms with Gasteiger partial charge in [0.2, 0.25) is 5.91 Å². The Labute approximate surface area is 166 Å². The molecule has 2 N–H and O–H groups in total. The van der Waals surface area contributed by atoms with Crippen molar-refractivity contribution >= 4 is 43.3 Å². The van der Waals surface area contributed by atoms with Crippen LogP contribution in [0.1, 0.15) is 16.8 Å². The molecule has 2 rings (SSSR count). The second-order valence-corrected chi connectivity index (χ2v) is 8.14. The molecule has 0 aliphatic rings. The minimum atomic E-state index is -5.79. The van der Waals surface area contributed by atoms with E-state index >= 15 is 0 Å². The summed E-state index contributed by atoms with van der Waals surface area (Å²) in [6.45, 7) is -0.221. The van der Waals surface area contributed by atoms with Crippen molar-refractivity contribution < 1.29 is 31.2 Å². The highest BCUT2D eigenvalue weighted by atomic mass is 79.9. The van der Waals surface area contributed by atoms with E-state index < -0.39 is 37.7 Å². The molecular formula is C16H13BrF3N3O4S. The fraction of sp³-hybridized carbons (Fsp3) is 0.188. The van der Waals surface area contributed by atoms with E-state index in [1.54, 1.807) is 24.3 Å². The normalized spacial score (nSPS) is 11.7. The largest absolute Gasteiger partial charge is 0.503 e. The van der Waals surface area contributed by atoms with Crippen molar-refractivity contribution in [3.63, 3.8) is 0 Å². The van der Waals surface area contributed by atoms with Gasteiger partial charge in [-0.2, -0.15) is 13.2 Å². The van der Waals surface area contributed by atoms with Crippen LogP contribution in [-0.4, -0.2) is 37.3 Å². The molecule has 0 aliphatic carbocycles. The van der Waals surface area contributed by atoms with Crippen LogP contribution in [0.4, 0.5) is 18.9 Å². The number of amides is 2. The molecule has 0 fully saturated rings. The van der Waals surface area contributed by atoms with E-state index in [-0.39, 0.29) is 13.0 Å². The Hall–Kier alpha value is -2.47. The number of pyridine rings is 1. The third-order valence-corrected chi connectivity index (χ3v) is 5.31. The number of hydrogen-bond acceptors (Lipinski definition) is 5. The summed E-state index contributed by atoms with van der Waals surface area (Å²) in [6.07, 6.45) is 0.657. The van der Waals surface area contributed by atoms with Crippen molar-refractivity contribution in [3.8, 4) is 0 Å². The van der Waals surface area contributed by atoms with Gasteiger partial charge < -0.3 is 10.6 Å². The van der Waals surface area contributed by atoms with Crippen LogP contribution in [0.2, 0.25) is 0 Å². The number of carbonyl (C=O) groups excluding carboxylic acids is 2. The smallest absolute Gasteiger partial charge is 0.351 e. The summed E-state index contributed by atoms with van der Waals surface area (Å²) in [7, 11) is -5.79. The number of halogens is 4. The maximum atomic E-state index is 12.7. The van der Waals surface area contributed by atoms with E-state index in [0.717, 1.165) is 22.8 Å². The first-order valence-electron chi connectivity index (χ1n) is 7.62. The van der Waals surface area contributed by atoms with Gasteiger partial charge >= 0.3 is 5.51 Å². The van der Waals surface area contributed by atoms with Crippen molar-refractivity contribution in [2.24, 2.45) is 0 Å². The summed E-state index contributed by atoms with van der Waals surface area (Å²) in [5.74, 6) is -1.54. The Morgan fingerprint density at radius 2 is 1.75 bits per heavy atom. The SMILES string of the molecule is O=C(CCNC(=O)c1cccnc1S(=O)(=O)C(F)(F)F)Nc1ccc(Br)cc1. The fourth-order valence-electron chi connectivity index (χ4n) is 2.03. The van der Waals surface area contributed by atoms with Crippen LogP contribution >= 0.6 is 15.9 Å². The van der Waals surface area contributed by atoms with Crippen LogP contribution in [0, 0.1) is 0 Å². The molecule has 1 aromatic heterocycles. The summed E-state index contributed by atoms with van der Waals surface area (Å²) in [5.41, 5.74) is -5.83. The van der Waals surface area contributed by atoms with E-state index in [1.807, 2.05) is 0 Å². The van der Waals surface area contributed by atoms with Crippen molar-refractivity contribution in [2.75, 3.05) is 11.9 Å². The molecule has 1 aromatic carbocycles. The molecular weight excluding hydrogens is 467 g/mol. The van der Waals surface area contributed by atoms with E-state index in [1.165, 1.54) is 0 Å². The Balaban J connectivity index is 2.01. The lowest BCUT2D eigenvalue weighted by Gasteiger charge is -2.11. The number of hydrogen-bond donors (Lipinski definition) is 2. The van der Waals surface area contributed by atoms with Crippen molar-refractivity contribution in [2.45, 2.75) is 17.0 Å². The molecule has 0 unspecified atom stereocenters. The lowest BCUT2D eigenvalue weighted by atomic mass is 10.2. The number of anilines is 1. The summed E-state index contributed by atoms with van der Waals surface area (Å²) >= 11 is 3.25. The molecule has 1 heterocycles. The number of rotatable bonds is 6. The lowest BCUT2D eigenvalue weighted by molar-refractivity contribution is -0.116. The van der Waals surface area contributed by atoms with Crippen molar-refractivity contribution in [1.29, 1.82) is 0 Å². The molecule has 2 aromatic rings. The average molecular weight is 480 g/mol. The Kier molecular flexibility index (Phi) is 6.77. The van der Waals surface area contributed by atoms with Crippen LogP contribution in [0.3, 0.4) is 0 Å². The van der Waals surface area contributed by atoms with Gasteiger partial charge in [-0.1, -0.05) is 15.9 Å². The monoisotopic (exact) mass is 479 g/mol. The second kappa shape index (κ2) is 8.69. The van der Waals surface area contributed by atoms with E-state index in [4.69, 9.17) is 0 Å². The average Bonchev–Trinajstić information content (AvgIpc) is 2.62. The molecule has 12 heteroatoms. The summed E-state index contributed by atoms with van der Waals surface area (Å²) < 4.78 is 62.1. The number of nitrogens with zero attached hydrogens (tertiary/aromatic N) is 1. The number of carbonyl (C=O) groups is 2. The van der Waals surface area contributed by atoms with Gasteiger partial charge in [0.15, 0.2) is 5.03 Å². The van der Waals surface area contributed by atoms with Gasteiger partial charge in [-0.15, -0.1) is 0 Å². The second-order valence-electron chi connectivity index (χ2n) is 5.37. The van der Waals surface area contributed by atoms with Gasteiger partial charge in [-0.3, -0.25) is 9.59 Å². The molecule has 0 radical (unpaired) electrons. The van der Waals surface area contributed by atoms with Gasteiger partial charge in [0, 0.05) is 29.3 Å². The molecule has 0 saturated carbocycles. The number of nitrogens with one attached hydrogen (secondary N) is 2. The van der Waals surface area contributed by atoms with Crippen LogP contribution in [0.15, 0.2) is 52.1 Å². The van der Waals surface area contributed by atoms with Crippen LogP contribution in [0.5, 0.6) is 0 Å². The van der Waals surface area contributed by atoms with Gasteiger partial charge in [-0.25, -0.2) is 13.4 Å². The van der Waals surface area contributed by atoms with Gasteiger partial charge in [0.05, 0.1) is 5.56 Å². The van der Waals surface area contributed by atoms with Crippen LogP contribution < -0.4 is 10.6 Å². The predicted octanol–water partition coefficient (Wildman–Crippen LogP) is 2.90. The van der Waals surface area contributed by atoms with Crippen LogP contribution in [-0.2, 0) is 14.6 Å². The van der Waals surface area contributed by atoms with Crippen molar-refractivity contribution in [1.82, 2.24) is 10.3 Å². The number of sulfone groups is 1. The van der Waals surface area contributed by atoms with Crippen molar-refractivity contribution in [3.05, 3.63) is 52.6 Å². The number of alkyl halides is 3. The molecule has 2 amide bonds. The standard InChI is InChI=1S/C16H13BrF3N3O4S/c17-10-3-5-11(6-4-10)23-13(24)7-9-21-14(25)12-2-1-8-22-15(12)28(26,27)16(18,19)20/h1-6,8H,7,9H2,(H,21,25)(H,23,24). The molecule has 0 spiro atoms. The maximum absolute atomic E-state index is 12.7. The topological polar surface area (TPSA) is 105 Å². The van der Waals surface area contributed by atoms with Crippen LogP contribution in [0.25, 0.3) is 0 Å². The third kappa shape index (κ3) is 5.29. The zero-order valence-electron chi connectivity index (χ0n) is 14.0. The van der Waals surface area contributed by atoms with Gasteiger partial charge in [0.25, 0.3) is 15.7 Å². The predicted molar refractivity (Wildman–Crippen MR) is 97.2 cm³/mol. The number of aromatic nitrogens is 1. The summed E-state index contributed by atoms with van der Waals surface area (Å²) in [4.78, 5) is 27.1. The quantitative estimate of drug-likeness (QED) is 0.662. The van der Waals surface area contributed by atoms with E-state index in [0.29, 0.717) is 5.69 Å². The van der Waals surface area contributed by atoms with E-state index in [2.05, 4.69) is 31.5 Å². The third-order valence-electron chi connectivity index (χ3n) is 3.34. The summed E-state index contributed by atoms with van der Waals surface area (Å²) in [5, 5.41) is 3.39. The highest BCUT2D eigenvalue weighted by Gasteiger charge is 2.49. The molecule has 0 aliphatic heterocycles. The molecule has 28 heavy (non-hydrogen) atoms. The molecule has 7 nitrogen and oxygen atoms in total. The molecule has 0 atom stereocenters. The molecule has 0 saturated heterocycles. The zero-order chi connectivity index (χ0) is 20.9. The first-order valence-corrected chi connectivity index (χ1v) is 9.90. The Morgan fingerprint density at radius 3 is 2.36 bits per heavy atom. The molecule has 0 bridgehead atoms. The van der Waals surface area contributed by atoms with E-state index in [9.17, 15) is 31.2 Å².